The first kappa shape index (κ1) is 9.79. The van der Waals surface area contributed by atoms with Crippen LogP contribution in [0.2, 0.25) is 0 Å². The van der Waals surface area contributed by atoms with E-state index in [0.717, 1.165) is 32.4 Å². The van der Waals surface area contributed by atoms with Gasteiger partial charge in [0, 0.05) is 10.9 Å². The number of fused-ring (bicyclic) bond motifs is 2. The van der Waals surface area contributed by atoms with Crippen LogP contribution in [0.3, 0.4) is 0 Å². The number of rotatable bonds is 1. The summed E-state index contributed by atoms with van der Waals surface area (Å²) in [5.41, 5.74) is 6.97. The standard InChI is InChI=1S/C14H8N3S/c1-2-6-11-9(4-1)13(17-16-11)10-5-3-7-12-14(10)15-8-18-12/h1-7H,(H,16,17). The summed E-state index contributed by atoms with van der Waals surface area (Å²) < 4.78 is 1.14. The molecule has 0 aliphatic rings. The highest BCUT2D eigenvalue weighted by molar-refractivity contribution is 7.16. The van der Waals surface area contributed by atoms with E-state index in [1.54, 1.807) is 0 Å². The van der Waals surface area contributed by atoms with Crippen LogP contribution >= 0.6 is 11.3 Å². The molecule has 0 bridgehead atoms. The van der Waals surface area contributed by atoms with Gasteiger partial charge in [0.1, 0.15) is 5.69 Å². The second-order valence-electron chi connectivity index (χ2n) is 4.08. The van der Waals surface area contributed by atoms with Crippen LogP contribution in [0.25, 0.3) is 32.4 Å². The van der Waals surface area contributed by atoms with E-state index in [-0.39, 0.29) is 0 Å². The first-order valence-corrected chi connectivity index (χ1v) is 6.44. The molecule has 0 aliphatic heterocycles. The Bertz CT molecular complexity index is 844. The normalized spacial score (nSPS) is 11.3. The molecule has 4 heteroatoms. The molecule has 0 saturated heterocycles. The molecule has 1 radical (unpaired) electrons. The number of hydrogen-bond donors (Lipinski definition) is 1. The van der Waals surface area contributed by atoms with Crippen molar-refractivity contribution in [3.63, 3.8) is 0 Å². The fourth-order valence-electron chi connectivity index (χ4n) is 2.20. The fourth-order valence-corrected chi connectivity index (χ4v) is 2.83. The van der Waals surface area contributed by atoms with E-state index < -0.39 is 0 Å². The van der Waals surface area contributed by atoms with Crippen molar-refractivity contribution in [3.05, 3.63) is 48.0 Å². The molecule has 0 aliphatic carbocycles. The van der Waals surface area contributed by atoms with Crippen LogP contribution in [0.15, 0.2) is 42.5 Å². The second-order valence-corrected chi connectivity index (χ2v) is 4.90. The van der Waals surface area contributed by atoms with Crippen LogP contribution in [0, 0.1) is 5.51 Å². The van der Waals surface area contributed by atoms with Gasteiger partial charge >= 0.3 is 0 Å². The zero-order valence-electron chi connectivity index (χ0n) is 9.34. The monoisotopic (exact) mass is 250 g/mol. The van der Waals surface area contributed by atoms with Gasteiger partial charge in [-0.05, 0) is 12.1 Å². The summed E-state index contributed by atoms with van der Waals surface area (Å²) in [6, 6.07) is 14.3. The van der Waals surface area contributed by atoms with Crippen molar-refractivity contribution >= 4 is 32.5 Å². The molecular weight excluding hydrogens is 242 g/mol. The fraction of sp³-hybridized carbons (Fsp3) is 0. The summed E-state index contributed by atoms with van der Waals surface area (Å²) in [5.74, 6) is 0. The number of nitrogens with one attached hydrogen (secondary N) is 1. The minimum atomic E-state index is 0.954. The van der Waals surface area contributed by atoms with Crippen molar-refractivity contribution in [2.45, 2.75) is 0 Å². The van der Waals surface area contributed by atoms with Crippen LogP contribution in [0.1, 0.15) is 0 Å². The van der Waals surface area contributed by atoms with Crippen molar-refractivity contribution in [2.24, 2.45) is 0 Å². The van der Waals surface area contributed by atoms with Gasteiger partial charge in [0.05, 0.1) is 15.7 Å². The number of nitrogens with zero attached hydrogens (tertiary/aromatic N) is 2. The Hall–Kier alpha value is -2.20. The highest BCUT2D eigenvalue weighted by Gasteiger charge is 2.12. The predicted octanol–water partition coefficient (Wildman–Crippen LogP) is 3.64. The Balaban J connectivity index is 2.10. The predicted molar refractivity (Wildman–Crippen MR) is 73.5 cm³/mol. The summed E-state index contributed by atoms with van der Waals surface area (Å²) in [6.45, 7) is 0. The molecule has 85 valence electrons. The van der Waals surface area contributed by atoms with Crippen molar-refractivity contribution in [1.82, 2.24) is 15.2 Å². The molecule has 18 heavy (non-hydrogen) atoms. The molecule has 0 unspecified atom stereocenters. The minimum absolute atomic E-state index is 0.954. The van der Waals surface area contributed by atoms with E-state index >= 15 is 0 Å². The van der Waals surface area contributed by atoms with Gasteiger partial charge in [0.2, 0.25) is 0 Å². The minimum Gasteiger partial charge on any atom is -0.277 e. The van der Waals surface area contributed by atoms with Crippen LogP contribution < -0.4 is 0 Å². The topological polar surface area (TPSA) is 41.6 Å². The smallest absolute Gasteiger partial charge is 0.153 e. The Labute approximate surface area is 107 Å². The molecule has 0 amide bonds. The van der Waals surface area contributed by atoms with Crippen LogP contribution in [0.4, 0.5) is 0 Å². The van der Waals surface area contributed by atoms with Crippen molar-refractivity contribution in [3.8, 4) is 11.3 Å². The first-order chi connectivity index (χ1) is 8.93. The molecule has 1 N–H and O–H groups in total. The highest BCUT2D eigenvalue weighted by atomic mass is 32.1. The molecule has 4 aromatic rings. The largest absolute Gasteiger partial charge is 0.277 e. The third-order valence-electron chi connectivity index (χ3n) is 3.04. The lowest BCUT2D eigenvalue weighted by Crippen LogP contribution is -1.81. The van der Waals surface area contributed by atoms with E-state index in [0.29, 0.717) is 0 Å². The van der Waals surface area contributed by atoms with E-state index in [1.165, 1.54) is 11.3 Å². The molecule has 3 nitrogen and oxygen atoms in total. The number of para-hydroxylation sites is 2. The number of thiazole rings is 1. The second kappa shape index (κ2) is 3.65. The third-order valence-corrected chi connectivity index (χ3v) is 3.77. The average molecular weight is 250 g/mol. The van der Waals surface area contributed by atoms with Crippen LogP contribution in [0.5, 0.6) is 0 Å². The quantitative estimate of drug-likeness (QED) is 0.560. The molecule has 2 aromatic heterocycles. The SMILES string of the molecule is [c]1nc2c(-c3n[nH]c4ccccc34)cccc2s1. The van der Waals surface area contributed by atoms with Crippen molar-refractivity contribution in [1.29, 1.82) is 0 Å². The number of H-pyrrole nitrogens is 1. The van der Waals surface area contributed by atoms with E-state index in [4.69, 9.17) is 0 Å². The van der Waals surface area contributed by atoms with Gasteiger partial charge < -0.3 is 0 Å². The highest BCUT2D eigenvalue weighted by Crippen LogP contribution is 2.32. The lowest BCUT2D eigenvalue weighted by atomic mass is 10.1. The van der Waals surface area contributed by atoms with Crippen molar-refractivity contribution in [2.75, 3.05) is 0 Å². The summed E-state index contributed by atoms with van der Waals surface area (Å²) in [5, 5.41) is 8.60. The molecule has 0 spiro atoms. The Morgan fingerprint density at radius 1 is 1.06 bits per heavy atom. The van der Waals surface area contributed by atoms with Gasteiger partial charge in [-0.25, -0.2) is 4.98 Å². The van der Waals surface area contributed by atoms with E-state index in [9.17, 15) is 0 Å². The zero-order valence-corrected chi connectivity index (χ0v) is 10.2. The van der Waals surface area contributed by atoms with Gasteiger partial charge in [0.25, 0.3) is 0 Å². The molecule has 2 heterocycles. The van der Waals surface area contributed by atoms with Gasteiger partial charge in [-0.2, -0.15) is 5.10 Å². The number of aromatic nitrogens is 3. The maximum Gasteiger partial charge on any atom is 0.153 e. The van der Waals surface area contributed by atoms with E-state index in [1.807, 2.05) is 24.3 Å². The lowest BCUT2D eigenvalue weighted by Gasteiger charge is -1.99. The Kier molecular flexibility index (Phi) is 1.98. The molecular formula is C14H8N3S. The Morgan fingerprint density at radius 2 is 2.00 bits per heavy atom. The zero-order chi connectivity index (χ0) is 11.9. The molecule has 2 aromatic carbocycles. The molecule has 0 saturated carbocycles. The first-order valence-electron chi connectivity index (χ1n) is 5.62. The molecule has 0 fully saturated rings. The van der Waals surface area contributed by atoms with Crippen LogP contribution in [-0.4, -0.2) is 15.2 Å². The summed E-state index contributed by atoms with van der Waals surface area (Å²) >= 11 is 1.53. The number of benzene rings is 2. The summed E-state index contributed by atoms with van der Waals surface area (Å²) in [6.07, 6.45) is 0. The van der Waals surface area contributed by atoms with Gasteiger partial charge in [-0.1, -0.05) is 30.3 Å². The van der Waals surface area contributed by atoms with Gasteiger partial charge in [-0.3, -0.25) is 5.10 Å². The lowest BCUT2D eigenvalue weighted by molar-refractivity contribution is 1.12. The summed E-state index contributed by atoms with van der Waals surface area (Å²) in [7, 11) is 0. The maximum absolute atomic E-state index is 4.42. The van der Waals surface area contributed by atoms with E-state index in [2.05, 4.69) is 38.9 Å². The van der Waals surface area contributed by atoms with Crippen LogP contribution in [-0.2, 0) is 0 Å². The third kappa shape index (κ3) is 1.29. The Morgan fingerprint density at radius 3 is 3.00 bits per heavy atom. The maximum atomic E-state index is 4.42. The summed E-state index contributed by atoms with van der Waals surface area (Å²) in [4.78, 5) is 4.32. The number of aromatic amines is 1. The van der Waals surface area contributed by atoms with Gasteiger partial charge in [0.15, 0.2) is 5.51 Å². The average Bonchev–Trinajstić information content (AvgIpc) is 3.05. The molecule has 0 atom stereocenters. The number of hydrogen-bond acceptors (Lipinski definition) is 3. The van der Waals surface area contributed by atoms with Gasteiger partial charge in [-0.15, -0.1) is 11.3 Å². The molecule has 4 rings (SSSR count). The van der Waals surface area contributed by atoms with Crippen molar-refractivity contribution < 1.29 is 0 Å².